The topological polar surface area (TPSA) is 109 Å². The van der Waals surface area contributed by atoms with Gasteiger partial charge in [0.1, 0.15) is 0 Å². The summed E-state index contributed by atoms with van der Waals surface area (Å²) in [6, 6.07) is 10.5. The fourth-order valence-corrected chi connectivity index (χ4v) is 2.91. The second kappa shape index (κ2) is 12.2. The molecule has 0 aromatic heterocycles. The van der Waals surface area contributed by atoms with Crippen LogP contribution in [0.5, 0.6) is 23.0 Å². The Balaban J connectivity index is 2.05. The molecular formula is C24H30N2O6. The molecule has 2 rings (SSSR count). The van der Waals surface area contributed by atoms with Gasteiger partial charge in [0, 0.05) is 6.08 Å². The van der Waals surface area contributed by atoms with E-state index in [2.05, 4.69) is 5.32 Å². The van der Waals surface area contributed by atoms with Crippen LogP contribution in [0.15, 0.2) is 42.5 Å². The lowest BCUT2D eigenvalue weighted by Crippen LogP contribution is -2.24. The van der Waals surface area contributed by atoms with Crippen LogP contribution >= 0.6 is 0 Å². The lowest BCUT2D eigenvalue weighted by atomic mass is 10.1. The van der Waals surface area contributed by atoms with E-state index in [0.29, 0.717) is 36.2 Å². The second-order valence-electron chi connectivity index (χ2n) is 6.80. The molecule has 0 fully saturated rings. The van der Waals surface area contributed by atoms with Gasteiger partial charge < -0.3 is 30.0 Å². The first kappa shape index (κ1) is 24.6. The van der Waals surface area contributed by atoms with Crippen molar-refractivity contribution in [3.63, 3.8) is 0 Å². The van der Waals surface area contributed by atoms with Gasteiger partial charge in [0.05, 0.1) is 26.4 Å². The lowest BCUT2D eigenvalue weighted by Gasteiger charge is -2.17. The molecule has 0 aliphatic carbocycles. The van der Waals surface area contributed by atoms with E-state index in [9.17, 15) is 9.59 Å². The van der Waals surface area contributed by atoms with Crippen LogP contribution in [0.1, 0.15) is 37.9 Å². The molecule has 0 saturated carbocycles. The predicted molar refractivity (Wildman–Crippen MR) is 122 cm³/mol. The molecule has 2 amide bonds. The summed E-state index contributed by atoms with van der Waals surface area (Å²) in [5, 5.41) is 2.93. The SMILES string of the molecule is CCOc1ccc(C(C)NC(=O)/C=C/c2ccc(OCC(N)=O)c(OC)c2)cc1OCC. The summed E-state index contributed by atoms with van der Waals surface area (Å²) in [6.07, 6.45) is 3.10. The fraction of sp³-hybridized carbons (Fsp3) is 0.333. The summed E-state index contributed by atoms with van der Waals surface area (Å²) in [6.45, 7) is 6.52. The average molecular weight is 443 g/mol. The number of methoxy groups -OCH3 is 1. The van der Waals surface area contributed by atoms with E-state index in [-0.39, 0.29) is 18.6 Å². The van der Waals surface area contributed by atoms with Crippen molar-refractivity contribution in [1.82, 2.24) is 5.32 Å². The van der Waals surface area contributed by atoms with Gasteiger partial charge >= 0.3 is 0 Å². The minimum atomic E-state index is -0.581. The predicted octanol–water partition coefficient (Wildman–Crippen LogP) is 3.25. The molecule has 0 radical (unpaired) electrons. The maximum absolute atomic E-state index is 12.4. The molecule has 32 heavy (non-hydrogen) atoms. The molecule has 172 valence electrons. The van der Waals surface area contributed by atoms with Crippen LogP contribution in [0.3, 0.4) is 0 Å². The molecule has 1 unspecified atom stereocenters. The summed E-state index contributed by atoms with van der Waals surface area (Å²) in [5.41, 5.74) is 6.73. The maximum atomic E-state index is 12.4. The highest BCUT2D eigenvalue weighted by Gasteiger charge is 2.12. The van der Waals surface area contributed by atoms with Gasteiger partial charge in [0.15, 0.2) is 29.6 Å². The number of ether oxygens (including phenoxy) is 4. The fourth-order valence-electron chi connectivity index (χ4n) is 2.91. The Morgan fingerprint density at radius 1 is 0.969 bits per heavy atom. The Kier molecular flexibility index (Phi) is 9.41. The largest absolute Gasteiger partial charge is 0.493 e. The molecule has 0 spiro atoms. The van der Waals surface area contributed by atoms with Gasteiger partial charge in [-0.25, -0.2) is 0 Å². The summed E-state index contributed by atoms with van der Waals surface area (Å²) in [7, 11) is 1.49. The van der Waals surface area contributed by atoms with Crippen molar-refractivity contribution in [2.24, 2.45) is 5.73 Å². The minimum Gasteiger partial charge on any atom is -0.493 e. The molecular weight excluding hydrogens is 412 g/mol. The first-order chi connectivity index (χ1) is 15.4. The van der Waals surface area contributed by atoms with Crippen molar-refractivity contribution < 1.29 is 28.5 Å². The number of primary amides is 1. The van der Waals surface area contributed by atoms with Crippen molar-refractivity contribution >= 4 is 17.9 Å². The second-order valence-corrected chi connectivity index (χ2v) is 6.80. The molecule has 2 aromatic rings. The molecule has 2 aromatic carbocycles. The van der Waals surface area contributed by atoms with E-state index < -0.39 is 5.91 Å². The monoisotopic (exact) mass is 442 g/mol. The van der Waals surface area contributed by atoms with Crippen LogP contribution in [-0.2, 0) is 9.59 Å². The number of carbonyl (C=O) groups excluding carboxylic acids is 2. The number of amides is 2. The molecule has 8 nitrogen and oxygen atoms in total. The van der Waals surface area contributed by atoms with Gasteiger partial charge in [-0.2, -0.15) is 0 Å². The zero-order valence-electron chi connectivity index (χ0n) is 18.8. The normalized spacial score (nSPS) is 11.6. The van der Waals surface area contributed by atoms with E-state index in [1.165, 1.54) is 13.2 Å². The smallest absolute Gasteiger partial charge is 0.255 e. The Bertz CT molecular complexity index is 958. The number of hydrogen-bond acceptors (Lipinski definition) is 6. The molecule has 0 heterocycles. The molecule has 0 aliphatic heterocycles. The number of rotatable bonds is 12. The van der Waals surface area contributed by atoms with Crippen LogP contribution < -0.4 is 30.0 Å². The average Bonchev–Trinajstić information content (AvgIpc) is 2.77. The van der Waals surface area contributed by atoms with Crippen LogP contribution in [0, 0.1) is 0 Å². The van der Waals surface area contributed by atoms with Gasteiger partial charge in [0.25, 0.3) is 5.91 Å². The van der Waals surface area contributed by atoms with Gasteiger partial charge in [-0.05, 0) is 62.2 Å². The number of nitrogens with two attached hydrogens (primary N) is 1. The van der Waals surface area contributed by atoms with Gasteiger partial charge in [-0.3, -0.25) is 9.59 Å². The molecule has 0 bridgehead atoms. The summed E-state index contributed by atoms with van der Waals surface area (Å²) >= 11 is 0. The third-order valence-corrected chi connectivity index (χ3v) is 4.41. The van der Waals surface area contributed by atoms with Crippen LogP contribution in [0.2, 0.25) is 0 Å². The van der Waals surface area contributed by atoms with Gasteiger partial charge in [-0.15, -0.1) is 0 Å². The number of benzene rings is 2. The van der Waals surface area contributed by atoms with Crippen LogP contribution in [0.25, 0.3) is 6.08 Å². The molecule has 3 N–H and O–H groups in total. The van der Waals surface area contributed by atoms with Crippen molar-refractivity contribution in [3.05, 3.63) is 53.6 Å². The first-order valence-electron chi connectivity index (χ1n) is 10.3. The zero-order valence-corrected chi connectivity index (χ0v) is 18.8. The minimum absolute atomic E-state index is 0.235. The van der Waals surface area contributed by atoms with Crippen molar-refractivity contribution in [1.29, 1.82) is 0 Å². The molecule has 8 heteroatoms. The Morgan fingerprint density at radius 3 is 2.28 bits per heavy atom. The zero-order chi connectivity index (χ0) is 23.5. The molecule has 1 atom stereocenters. The first-order valence-corrected chi connectivity index (χ1v) is 10.3. The summed E-state index contributed by atoms with van der Waals surface area (Å²) in [5.74, 6) is 1.31. The Labute approximate surface area is 188 Å². The number of carbonyl (C=O) groups is 2. The third kappa shape index (κ3) is 7.23. The van der Waals surface area contributed by atoms with E-state index in [4.69, 9.17) is 24.7 Å². The molecule has 0 saturated heterocycles. The van der Waals surface area contributed by atoms with E-state index in [0.717, 1.165) is 11.1 Å². The van der Waals surface area contributed by atoms with Gasteiger partial charge in [-0.1, -0.05) is 12.1 Å². The quantitative estimate of drug-likeness (QED) is 0.489. The highest BCUT2D eigenvalue weighted by atomic mass is 16.5. The van der Waals surface area contributed by atoms with E-state index in [1.807, 2.05) is 39.0 Å². The highest BCUT2D eigenvalue weighted by Crippen LogP contribution is 2.31. The highest BCUT2D eigenvalue weighted by molar-refractivity contribution is 5.92. The summed E-state index contributed by atoms with van der Waals surface area (Å²) in [4.78, 5) is 23.3. The number of hydrogen-bond donors (Lipinski definition) is 2. The van der Waals surface area contributed by atoms with Crippen molar-refractivity contribution in [3.8, 4) is 23.0 Å². The van der Waals surface area contributed by atoms with Crippen molar-refractivity contribution in [2.45, 2.75) is 26.8 Å². The van der Waals surface area contributed by atoms with Crippen LogP contribution in [0.4, 0.5) is 0 Å². The van der Waals surface area contributed by atoms with Crippen LogP contribution in [-0.4, -0.2) is 38.7 Å². The van der Waals surface area contributed by atoms with Crippen molar-refractivity contribution in [2.75, 3.05) is 26.9 Å². The van der Waals surface area contributed by atoms with E-state index in [1.54, 1.807) is 24.3 Å². The van der Waals surface area contributed by atoms with Gasteiger partial charge in [0.2, 0.25) is 5.91 Å². The Morgan fingerprint density at radius 2 is 1.62 bits per heavy atom. The maximum Gasteiger partial charge on any atom is 0.255 e. The Hall–Kier alpha value is -3.68. The lowest BCUT2D eigenvalue weighted by molar-refractivity contribution is -0.120. The standard InChI is InChI=1S/C24H30N2O6/c1-5-30-20-11-9-18(14-22(20)31-6-2)16(3)26-24(28)12-8-17-7-10-19(21(13-17)29-4)32-15-23(25)27/h7-14,16H,5-6,15H2,1-4H3,(H2,25,27)(H,26,28)/b12-8+. The van der Waals surface area contributed by atoms with E-state index >= 15 is 0 Å². The third-order valence-electron chi connectivity index (χ3n) is 4.41. The summed E-state index contributed by atoms with van der Waals surface area (Å²) < 4.78 is 21.8. The number of nitrogens with one attached hydrogen (secondary N) is 1. The molecule has 0 aliphatic rings.